The first-order valence-electron chi connectivity index (χ1n) is 10.4. The molecule has 1 heterocycles. The van der Waals surface area contributed by atoms with E-state index < -0.39 is 0 Å². The average Bonchev–Trinajstić information content (AvgIpc) is 2.76. The number of aryl methyl sites for hydroxylation is 1. The van der Waals surface area contributed by atoms with Gasteiger partial charge < -0.3 is 10.2 Å². The summed E-state index contributed by atoms with van der Waals surface area (Å²) in [6, 6.07) is 18.3. The number of carbonyl (C=O) groups excluding carboxylic acids is 2. The van der Waals surface area contributed by atoms with Crippen LogP contribution in [0.4, 0.5) is 20.6 Å². The summed E-state index contributed by atoms with van der Waals surface area (Å²) < 4.78 is 13.6. The number of rotatable bonds is 5. The maximum atomic E-state index is 13.6. The van der Waals surface area contributed by atoms with Crippen LogP contribution in [0.2, 0.25) is 5.02 Å². The zero-order valence-corrected chi connectivity index (χ0v) is 18.4. The van der Waals surface area contributed by atoms with Gasteiger partial charge in [0.15, 0.2) is 0 Å². The number of amides is 3. The lowest BCUT2D eigenvalue weighted by atomic mass is 10.1. The minimum atomic E-state index is -0.324. The molecule has 0 aliphatic carbocycles. The van der Waals surface area contributed by atoms with Crippen LogP contribution < -0.4 is 10.2 Å². The smallest absolute Gasteiger partial charge is 0.320 e. The maximum Gasteiger partial charge on any atom is 0.324 e. The van der Waals surface area contributed by atoms with Crippen LogP contribution in [0, 0.1) is 12.7 Å². The lowest BCUT2D eigenvalue weighted by Gasteiger charge is -2.36. The first kappa shape index (κ1) is 21.8. The Bertz CT molecular complexity index is 1150. The number of hydrogen-bond donors (Lipinski definition) is 1. The fraction of sp³-hybridized carbons (Fsp3) is 0.200. The number of carbonyl (C=O) groups is 2. The number of benzene rings is 3. The van der Waals surface area contributed by atoms with Crippen LogP contribution in [0.15, 0.2) is 66.7 Å². The summed E-state index contributed by atoms with van der Waals surface area (Å²) in [5.41, 5.74) is 3.36. The summed E-state index contributed by atoms with van der Waals surface area (Å²) in [5, 5.41) is 3.48. The van der Waals surface area contributed by atoms with Crippen molar-refractivity contribution in [3.8, 4) is 0 Å². The van der Waals surface area contributed by atoms with Gasteiger partial charge in [0, 0.05) is 30.2 Å². The van der Waals surface area contributed by atoms with Crippen LogP contribution in [0.25, 0.3) is 0 Å². The van der Waals surface area contributed by atoms with Crippen molar-refractivity contribution < 1.29 is 14.0 Å². The molecule has 164 valence electrons. The molecule has 0 spiro atoms. The van der Waals surface area contributed by atoms with Gasteiger partial charge in [-0.25, -0.2) is 9.18 Å². The molecule has 1 N–H and O–H groups in total. The van der Waals surface area contributed by atoms with Crippen molar-refractivity contribution in [3.63, 3.8) is 0 Å². The van der Waals surface area contributed by atoms with E-state index in [4.69, 9.17) is 11.6 Å². The van der Waals surface area contributed by atoms with Crippen LogP contribution in [0.1, 0.15) is 27.9 Å². The van der Waals surface area contributed by atoms with Gasteiger partial charge in [0.2, 0.25) is 0 Å². The number of hydrogen-bond acceptors (Lipinski definition) is 2. The first-order chi connectivity index (χ1) is 15.4. The largest absolute Gasteiger partial charge is 0.324 e. The summed E-state index contributed by atoms with van der Waals surface area (Å²) >= 11 is 5.92. The standard InChI is InChI=1S/C25H23ClFN3O2/c1-17-6-11-23(22(14-17)28-24(31)19-7-9-20(26)10-8-19)30-13-3-12-29(25(30)32)16-18-4-2-5-21(27)15-18/h2,4-11,14-15H,3,12-13,16H2,1H3,(H,28,31). The second-order valence-electron chi connectivity index (χ2n) is 7.82. The molecule has 5 nitrogen and oxygen atoms in total. The number of nitrogens with zero attached hydrogens (tertiary/aromatic N) is 2. The van der Waals surface area contributed by atoms with E-state index in [1.807, 2.05) is 25.1 Å². The van der Waals surface area contributed by atoms with Gasteiger partial charge in [-0.1, -0.05) is 29.8 Å². The van der Waals surface area contributed by atoms with E-state index in [9.17, 15) is 14.0 Å². The van der Waals surface area contributed by atoms with Crippen molar-refractivity contribution in [1.29, 1.82) is 0 Å². The summed E-state index contributed by atoms with van der Waals surface area (Å²) in [7, 11) is 0. The Kier molecular flexibility index (Phi) is 6.42. The number of nitrogens with one attached hydrogen (secondary N) is 1. The second-order valence-corrected chi connectivity index (χ2v) is 8.26. The van der Waals surface area contributed by atoms with Crippen LogP contribution in [-0.2, 0) is 6.54 Å². The third-order valence-corrected chi connectivity index (χ3v) is 5.62. The van der Waals surface area contributed by atoms with Gasteiger partial charge in [0.25, 0.3) is 5.91 Å². The van der Waals surface area contributed by atoms with E-state index >= 15 is 0 Å². The van der Waals surface area contributed by atoms with E-state index in [-0.39, 0.29) is 17.8 Å². The lowest BCUT2D eigenvalue weighted by Crippen LogP contribution is -2.49. The molecule has 3 aromatic rings. The molecular formula is C25H23ClFN3O2. The van der Waals surface area contributed by atoms with Crippen molar-refractivity contribution in [3.05, 3.63) is 94.3 Å². The monoisotopic (exact) mass is 451 g/mol. The molecule has 0 aromatic heterocycles. The molecule has 0 bridgehead atoms. The van der Waals surface area contributed by atoms with E-state index in [0.29, 0.717) is 41.6 Å². The van der Waals surface area contributed by atoms with Gasteiger partial charge in [-0.3, -0.25) is 9.69 Å². The topological polar surface area (TPSA) is 52.6 Å². The highest BCUT2D eigenvalue weighted by Gasteiger charge is 2.28. The van der Waals surface area contributed by atoms with E-state index in [1.165, 1.54) is 12.1 Å². The van der Waals surface area contributed by atoms with Crippen LogP contribution in [0.3, 0.4) is 0 Å². The normalized spacial score (nSPS) is 13.9. The quantitative estimate of drug-likeness (QED) is 0.527. The molecule has 1 saturated heterocycles. The Hall–Kier alpha value is -3.38. The zero-order valence-electron chi connectivity index (χ0n) is 17.6. The first-order valence-corrected chi connectivity index (χ1v) is 10.8. The molecule has 0 saturated carbocycles. The molecule has 3 aromatic carbocycles. The highest BCUT2D eigenvalue weighted by molar-refractivity contribution is 6.30. The molecule has 0 radical (unpaired) electrons. The lowest BCUT2D eigenvalue weighted by molar-refractivity contribution is 0.102. The van der Waals surface area contributed by atoms with Gasteiger partial charge >= 0.3 is 6.03 Å². The summed E-state index contributed by atoms with van der Waals surface area (Å²) in [5.74, 6) is -0.607. The van der Waals surface area contributed by atoms with Crippen LogP contribution in [0.5, 0.6) is 0 Å². The van der Waals surface area contributed by atoms with Crippen molar-refractivity contribution >= 4 is 34.9 Å². The average molecular weight is 452 g/mol. The van der Waals surface area contributed by atoms with Crippen molar-refractivity contribution in [2.45, 2.75) is 19.9 Å². The Morgan fingerprint density at radius 1 is 1.06 bits per heavy atom. The minimum Gasteiger partial charge on any atom is -0.320 e. The summed E-state index contributed by atoms with van der Waals surface area (Å²) in [6.07, 6.45) is 0.763. The molecule has 0 atom stereocenters. The molecule has 1 aliphatic rings. The molecular weight excluding hydrogens is 429 g/mol. The molecule has 1 fully saturated rings. The third-order valence-electron chi connectivity index (χ3n) is 5.37. The zero-order chi connectivity index (χ0) is 22.7. The molecule has 1 aliphatic heterocycles. The molecule has 3 amide bonds. The van der Waals surface area contributed by atoms with E-state index in [2.05, 4.69) is 5.32 Å². The van der Waals surface area contributed by atoms with Gasteiger partial charge in [0.05, 0.1) is 11.4 Å². The SMILES string of the molecule is Cc1ccc(N2CCCN(Cc3cccc(F)c3)C2=O)c(NC(=O)c2ccc(Cl)cc2)c1. The van der Waals surface area contributed by atoms with Crippen LogP contribution in [-0.4, -0.2) is 29.9 Å². The molecule has 4 rings (SSSR count). The molecule has 32 heavy (non-hydrogen) atoms. The third kappa shape index (κ3) is 4.92. The summed E-state index contributed by atoms with van der Waals surface area (Å²) in [6.45, 7) is 3.37. The van der Waals surface area contributed by atoms with E-state index in [0.717, 1.165) is 17.5 Å². The highest BCUT2D eigenvalue weighted by Crippen LogP contribution is 2.31. The van der Waals surface area contributed by atoms with Crippen molar-refractivity contribution in [2.75, 3.05) is 23.3 Å². The highest BCUT2D eigenvalue weighted by atomic mass is 35.5. The second kappa shape index (κ2) is 9.40. The fourth-order valence-electron chi connectivity index (χ4n) is 3.79. The molecule has 7 heteroatoms. The van der Waals surface area contributed by atoms with Gasteiger partial charge in [-0.2, -0.15) is 0 Å². The van der Waals surface area contributed by atoms with Crippen LogP contribution >= 0.6 is 11.6 Å². The van der Waals surface area contributed by atoms with Crippen molar-refractivity contribution in [1.82, 2.24) is 4.90 Å². The predicted molar refractivity (Wildman–Crippen MR) is 125 cm³/mol. The maximum absolute atomic E-state index is 13.6. The Morgan fingerprint density at radius 2 is 1.84 bits per heavy atom. The number of urea groups is 1. The van der Waals surface area contributed by atoms with Gasteiger partial charge in [0.1, 0.15) is 5.82 Å². The fourth-order valence-corrected chi connectivity index (χ4v) is 3.91. The van der Waals surface area contributed by atoms with Gasteiger partial charge in [-0.15, -0.1) is 0 Å². The van der Waals surface area contributed by atoms with Crippen molar-refractivity contribution in [2.24, 2.45) is 0 Å². The molecule has 0 unspecified atom stereocenters. The van der Waals surface area contributed by atoms with Gasteiger partial charge in [-0.05, 0) is 73.0 Å². The Labute approximate surface area is 191 Å². The predicted octanol–water partition coefficient (Wildman–Crippen LogP) is 5.87. The Morgan fingerprint density at radius 3 is 2.59 bits per heavy atom. The summed E-state index contributed by atoms with van der Waals surface area (Å²) in [4.78, 5) is 29.4. The number of anilines is 2. The minimum absolute atomic E-state index is 0.175. The Balaban J connectivity index is 1.57. The number of halogens is 2. The van der Waals surface area contributed by atoms with E-state index in [1.54, 1.807) is 46.2 Å².